The van der Waals surface area contributed by atoms with Gasteiger partial charge in [0.1, 0.15) is 0 Å². The summed E-state index contributed by atoms with van der Waals surface area (Å²) in [6, 6.07) is 0. The molecule has 0 saturated carbocycles. The molecule has 0 aromatic rings. The second-order valence-corrected chi connectivity index (χ2v) is 7.02. The first-order valence-electron chi connectivity index (χ1n) is 4.55. The fraction of sp³-hybridized carbons (Fsp3) is 1.00. The molecule has 1 saturated heterocycles. The molecular weight excluding hydrogens is 172 g/mol. The highest BCUT2D eigenvalue weighted by molar-refractivity contribution is 7.92. The molecule has 1 heterocycles. The van der Waals surface area contributed by atoms with Gasteiger partial charge in [0.15, 0.2) is 9.84 Å². The molecule has 1 atom stereocenters. The van der Waals surface area contributed by atoms with Crippen molar-refractivity contribution in [2.75, 3.05) is 5.75 Å². The van der Waals surface area contributed by atoms with Crippen LogP contribution in [0.2, 0.25) is 0 Å². The molecule has 1 rings (SSSR count). The van der Waals surface area contributed by atoms with Gasteiger partial charge in [-0.3, -0.25) is 0 Å². The Kier molecular flexibility index (Phi) is 2.52. The Morgan fingerprint density at radius 2 is 1.75 bits per heavy atom. The summed E-state index contributed by atoms with van der Waals surface area (Å²) >= 11 is 0. The van der Waals surface area contributed by atoms with Gasteiger partial charge in [0, 0.05) is 0 Å². The number of rotatable bonds is 0. The number of hydrogen-bond acceptors (Lipinski definition) is 2. The Bertz CT molecular complexity index is 246. The minimum atomic E-state index is -2.78. The minimum absolute atomic E-state index is 0.0841. The van der Waals surface area contributed by atoms with E-state index >= 15 is 0 Å². The molecule has 12 heavy (non-hydrogen) atoms. The van der Waals surface area contributed by atoms with Gasteiger partial charge in [0.05, 0.1) is 11.0 Å². The molecule has 0 radical (unpaired) electrons. The maximum absolute atomic E-state index is 11.6. The summed E-state index contributed by atoms with van der Waals surface area (Å²) in [6.07, 6.45) is 2.78. The van der Waals surface area contributed by atoms with Crippen molar-refractivity contribution >= 4 is 9.84 Å². The maximum Gasteiger partial charge on any atom is 0.153 e. The van der Waals surface area contributed by atoms with E-state index in [1.54, 1.807) is 0 Å². The van der Waals surface area contributed by atoms with Crippen molar-refractivity contribution in [2.45, 2.75) is 45.3 Å². The van der Waals surface area contributed by atoms with E-state index in [1.807, 2.05) is 20.8 Å². The highest BCUT2D eigenvalue weighted by atomic mass is 32.2. The third-order valence-corrected chi connectivity index (χ3v) is 5.21. The summed E-state index contributed by atoms with van der Waals surface area (Å²) in [5.74, 6) is 0.398. The van der Waals surface area contributed by atoms with Crippen molar-refractivity contribution in [2.24, 2.45) is 5.41 Å². The van der Waals surface area contributed by atoms with Crippen LogP contribution in [-0.4, -0.2) is 19.4 Å². The minimum Gasteiger partial charge on any atom is -0.229 e. The number of hydrogen-bond donors (Lipinski definition) is 0. The quantitative estimate of drug-likeness (QED) is 0.585. The van der Waals surface area contributed by atoms with Gasteiger partial charge in [-0.25, -0.2) is 8.42 Å². The SMILES string of the molecule is CC(C)(C)C1CCCCS1(=O)=O. The van der Waals surface area contributed by atoms with Crippen LogP contribution >= 0.6 is 0 Å². The Balaban J connectivity index is 2.89. The van der Waals surface area contributed by atoms with Crippen LogP contribution in [0, 0.1) is 5.41 Å². The first-order chi connectivity index (χ1) is 5.34. The Morgan fingerprint density at radius 1 is 1.17 bits per heavy atom. The molecule has 0 N–H and O–H groups in total. The lowest BCUT2D eigenvalue weighted by Crippen LogP contribution is -2.38. The van der Waals surface area contributed by atoms with Crippen molar-refractivity contribution < 1.29 is 8.42 Å². The molecule has 1 aliphatic heterocycles. The highest BCUT2D eigenvalue weighted by Gasteiger charge is 2.37. The molecule has 1 fully saturated rings. The molecule has 0 aromatic heterocycles. The second-order valence-electron chi connectivity index (χ2n) is 4.72. The molecule has 0 aliphatic carbocycles. The molecule has 72 valence electrons. The summed E-state index contributed by atoms with van der Waals surface area (Å²) in [4.78, 5) is 0. The zero-order valence-corrected chi connectivity index (χ0v) is 8.95. The average Bonchev–Trinajstić information content (AvgIpc) is 1.83. The standard InChI is InChI=1S/C9H18O2S/c1-9(2,3)8-6-4-5-7-12(8,10)11/h8H,4-7H2,1-3H3. The summed E-state index contributed by atoms with van der Waals surface area (Å²) in [5.41, 5.74) is -0.0841. The molecular formula is C9H18O2S. The molecule has 3 heteroatoms. The van der Waals surface area contributed by atoms with Crippen LogP contribution in [0.3, 0.4) is 0 Å². The van der Waals surface area contributed by atoms with Crippen LogP contribution in [0.15, 0.2) is 0 Å². The second kappa shape index (κ2) is 3.02. The topological polar surface area (TPSA) is 34.1 Å². The molecule has 0 amide bonds. The van der Waals surface area contributed by atoms with Crippen LogP contribution < -0.4 is 0 Å². The van der Waals surface area contributed by atoms with Gasteiger partial charge in [0.25, 0.3) is 0 Å². The Labute approximate surface area is 75.3 Å². The average molecular weight is 190 g/mol. The maximum atomic E-state index is 11.6. The van der Waals surface area contributed by atoms with Crippen molar-refractivity contribution in [1.29, 1.82) is 0 Å². The van der Waals surface area contributed by atoms with Gasteiger partial charge in [-0.1, -0.05) is 27.2 Å². The lowest BCUT2D eigenvalue weighted by atomic mass is 9.88. The molecule has 1 aliphatic rings. The fourth-order valence-corrected chi connectivity index (χ4v) is 4.42. The third-order valence-electron chi connectivity index (χ3n) is 2.54. The Morgan fingerprint density at radius 3 is 2.08 bits per heavy atom. The largest absolute Gasteiger partial charge is 0.229 e. The van der Waals surface area contributed by atoms with E-state index in [-0.39, 0.29) is 10.7 Å². The van der Waals surface area contributed by atoms with E-state index in [9.17, 15) is 8.42 Å². The van der Waals surface area contributed by atoms with Crippen molar-refractivity contribution in [1.82, 2.24) is 0 Å². The van der Waals surface area contributed by atoms with Crippen LogP contribution in [0.25, 0.3) is 0 Å². The van der Waals surface area contributed by atoms with Gasteiger partial charge in [-0.05, 0) is 18.3 Å². The summed E-state index contributed by atoms with van der Waals surface area (Å²) < 4.78 is 23.3. The van der Waals surface area contributed by atoms with E-state index in [0.717, 1.165) is 19.3 Å². The van der Waals surface area contributed by atoms with Gasteiger partial charge in [-0.15, -0.1) is 0 Å². The molecule has 0 bridgehead atoms. The zero-order chi connectivity index (χ0) is 9.41. The van der Waals surface area contributed by atoms with Crippen molar-refractivity contribution in [3.63, 3.8) is 0 Å². The van der Waals surface area contributed by atoms with Crippen LogP contribution in [-0.2, 0) is 9.84 Å². The van der Waals surface area contributed by atoms with Gasteiger partial charge < -0.3 is 0 Å². The van der Waals surface area contributed by atoms with E-state index in [4.69, 9.17) is 0 Å². The Hall–Kier alpha value is -0.0500. The monoisotopic (exact) mass is 190 g/mol. The lowest BCUT2D eigenvalue weighted by Gasteiger charge is -2.33. The highest BCUT2D eigenvalue weighted by Crippen LogP contribution is 2.33. The first kappa shape index (κ1) is 10.0. The van der Waals surface area contributed by atoms with Crippen LogP contribution in [0.5, 0.6) is 0 Å². The summed E-state index contributed by atoms with van der Waals surface area (Å²) in [7, 11) is -2.78. The van der Waals surface area contributed by atoms with Crippen molar-refractivity contribution in [3.05, 3.63) is 0 Å². The predicted molar refractivity (Wildman–Crippen MR) is 50.9 cm³/mol. The molecule has 2 nitrogen and oxygen atoms in total. The molecule has 0 aromatic carbocycles. The van der Waals surface area contributed by atoms with Crippen molar-refractivity contribution in [3.8, 4) is 0 Å². The van der Waals surface area contributed by atoms with Crippen LogP contribution in [0.1, 0.15) is 40.0 Å². The molecule has 0 spiro atoms. The van der Waals surface area contributed by atoms with E-state index in [1.165, 1.54) is 0 Å². The fourth-order valence-electron chi connectivity index (χ4n) is 1.93. The smallest absolute Gasteiger partial charge is 0.153 e. The van der Waals surface area contributed by atoms with Gasteiger partial charge in [0.2, 0.25) is 0 Å². The van der Waals surface area contributed by atoms with E-state index < -0.39 is 9.84 Å². The summed E-state index contributed by atoms with van der Waals surface area (Å²) in [6.45, 7) is 6.04. The van der Waals surface area contributed by atoms with Crippen LogP contribution in [0.4, 0.5) is 0 Å². The lowest BCUT2D eigenvalue weighted by molar-refractivity contribution is 0.348. The number of sulfone groups is 1. The zero-order valence-electron chi connectivity index (χ0n) is 8.13. The third kappa shape index (κ3) is 2.00. The normalized spacial score (nSPS) is 30.1. The van der Waals surface area contributed by atoms with Gasteiger partial charge >= 0.3 is 0 Å². The first-order valence-corrected chi connectivity index (χ1v) is 6.27. The predicted octanol–water partition coefficient (Wildman–Crippen LogP) is 2.00. The van der Waals surface area contributed by atoms with Gasteiger partial charge in [-0.2, -0.15) is 0 Å². The van der Waals surface area contributed by atoms with E-state index in [2.05, 4.69) is 0 Å². The molecule has 1 unspecified atom stereocenters. The van der Waals surface area contributed by atoms with E-state index in [0.29, 0.717) is 5.75 Å². The summed E-state index contributed by atoms with van der Waals surface area (Å²) in [5, 5.41) is -0.112.